The topological polar surface area (TPSA) is 98.9 Å². The second-order valence-corrected chi connectivity index (χ2v) is 3.26. The first-order valence-electron chi connectivity index (χ1n) is 4.76. The molecule has 1 rings (SSSR count). The van der Waals surface area contributed by atoms with Crippen molar-refractivity contribution in [3.05, 3.63) is 29.3 Å². The summed E-state index contributed by atoms with van der Waals surface area (Å²) in [6, 6.07) is 3.05. The van der Waals surface area contributed by atoms with Crippen molar-refractivity contribution in [2.24, 2.45) is 5.73 Å². The second-order valence-electron chi connectivity index (χ2n) is 3.26. The van der Waals surface area contributed by atoms with Crippen molar-refractivity contribution >= 4 is 11.9 Å². The third-order valence-corrected chi connectivity index (χ3v) is 2.25. The van der Waals surface area contributed by atoms with Gasteiger partial charge in [0.2, 0.25) is 0 Å². The Labute approximate surface area is 97.9 Å². The molecule has 0 fully saturated rings. The highest BCUT2D eigenvalue weighted by atomic mass is 16.5. The van der Waals surface area contributed by atoms with Gasteiger partial charge in [0.05, 0.1) is 19.8 Å². The van der Waals surface area contributed by atoms with Gasteiger partial charge < -0.3 is 20.3 Å². The van der Waals surface area contributed by atoms with Crippen LogP contribution in [0.25, 0.3) is 0 Å². The summed E-state index contributed by atoms with van der Waals surface area (Å²) >= 11 is 0. The molecule has 0 aliphatic carbocycles. The quantitative estimate of drug-likeness (QED) is 0.745. The molecule has 0 radical (unpaired) electrons. The van der Waals surface area contributed by atoms with E-state index in [9.17, 15) is 9.59 Å². The molecule has 17 heavy (non-hydrogen) atoms. The van der Waals surface area contributed by atoms with E-state index in [1.807, 2.05) is 0 Å². The minimum absolute atomic E-state index is 0.222. The second kappa shape index (κ2) is 5.31. The molecular formula is C11H13NO5. The van der Waals surface area contributed by atoms with E-state index in [0.29, 0.717) is 5.75 Å². The van der Waals surface area contributed by atoms with Crippen LogP contribution in [-0.2, 0) is 9.53 Å². The minimum atomic E-state index is -1.26. The number of esters is 1. The lowest BCUT2D eigenvalue weighted by molar-refractivity contribution is -0.138. The van der Waals surface area contributed by atoms with Gasteiger partial charge in [-0.1, -0.05) is 0 Å². The lowest BCUT2D eigenvalue weighted by Gasteiger charge is -2.13. The third-order valence-electron chi connectivity index (χ3n) is 2.25. The van der Waals surface area contributed by atoms with Crippen LogP contribution >= 0.6 is 0 Å². The maximum absolute atomic E-state index is 11.3. The van der Waals surface area contributed by atoms with Gasteiger partial charge in [-0.25, -0.2) is 4.79 Å². The largest absolute Gasteiger partial charge is 0.496 e. The van der Waals surface area contributed by atoms with Crippen molar-refractivity contribution in [3.8, 4) is 5.75 Å². The van der Waals surface area contributed by atoms with Gasteiger partial charge in [-0.15, -0.1) is 0 Å². The molecule has 1 aromatic carbocycles. The molecule has 1 aromatic rings. The molecule has 0 saturated heterocycles. The van der Waals surface area contributed by atoms with E-state index in [-0.39, 0.29) is 11.1 Å². The number of hydrogen-bond donors (Lipinski definition) is 2. The summed E-state index contributed by atoms with van der Waals surface area (Å²) < 4.78 is 9.53. The van der Waals surface area contributed by atoms with E-state index in [4.69, 9.17) is 15.6 Å². The van der Waals surface area contributed by atoms with Crippen molar-refractivity contribution in [2.45, 2.75) is 6.04 Å². The van der Waals surface area contributed by atoms with E-state index in [1.165, 1.54) is 32.4 Å². The number of benzene rings is 1. The first-order valence-corrected chi connectivity index (χ1v) is 4.76. The summed E-state index contributed by atoms with van der Waals surface area (Å²) in [6.45, 7) is 0. The van der Waals surface area contributed by atoms with Crippen LogP contribution in [0.1, 0.15) is 22.0 Å². The highest BCUT2D eigenvalue weighted by molar-refractivity contribution is 5.90. The van der Waals surface area contributed by atoms with Crippen molar-refractivity contribution in [1.29, 1.82) is 0 Å². The molecule has 0 aliphatic rings. The van der Waals surface area contributed by atoms with Gasteiger partial charge in [0.15, 0.2) is 0 Å². The molecule has 92 valence electrons. The Morgan fingerprint density at radius 2 is 2.00 bits per heavy atom. The Balaban J connectivity index is 3.24. The Kier molecular flexibility index (Phi) is 4.06. The van der Waals surface area contributed by atoms with Crippen LogP contribution in [0.4, 0.5) is 0 Å². The Morgan fingerprint density at radius 3 is 2.47 bits per heavy atom. The van der Waals surface area contributed by atoms with E-state index in [2.05, 4.69) is 4.74 Å². The van der Waals surface area contributed by atoms with E-state index in [0.717, 1.165) is 0 Å². The number of hydrogen-bond acceptors (Lipinski definition) is 5. The summed E-state index contributed by atoms with van der Waals surface area (Å²) in [5.41, 5.74) is 5.94. The maximum Gasteiger partial charge on any atom is 0.337 e. The van der Waals surface area contributed by atoms with Crippen LogP contribution in [-0.4, -0.2) is 31.3 Å². The number of carbonyl (C=O) groups excluding carboxylic acids is 1. The predicted molar refractivity (Wildman–Crippen MR) is 58.9 cm³/mol. The normalized spacial score (nSPS) is 11.7. The number of carbonyl (C=O) groups is 2. The van der Waals surface area contributed by atoms with E-state index < -0.39 is 18.0 Å². The Morgan fingerprint density at radius 1 is 1.35 bits per heavy atom. The average Bonchev–Trinajstić information content (AvgIpc) is 2.35. The van der Waals surface area contributed by atoms with Gasteiger partial charge in [-0.3, -0.25) is 4.79 Å². The molecular weight excluding hydrogens is 226 g/mol. The molecule has 0 amide bonds. The van der Waals surface area contributed by atoms with Crippen LogP contribution in [0.5, 0.6) is 5.75 Å². The summed E-state index contributed by atoms with van der Waals surface area (Å²) in [7, 11) is 2.63. The van der Waals surface area contributed by atoms with Crippen molar-refractivity contribution in [1.82, 2.24) is 0 Å². The fraction of sp³-hybridized carbons (Fsp3) is 0.273. The summed E-state index contributed by atoms with van der Waals surface area (Å²) in [4.78, 5) is 22.1. The number of ether oxygens (including phenoxy) is 2. The van der Waals surface area contributed by atoms with Gasteiger partial charge in [0.1, 0.15) is 11.8 Å². The van der Waals surface area contributed by atoms with Crippen molar-refractivity contribution in [3.63, 3.8) is 0 Å². The number of nitrogens with two attached hydrogens (primary N) is 1. The Hall–Kier alpha value is -2.08. The lowest BCUT2D eigenvalue weighted by Crippen LogP contribution is -2.21. The molecule has 0 aliphatic heterocycles. The van der Waals surface area contributed by atoms with Crippen LogP contribution < -0.4 is 10.5 Å². The van der Waals surface area contributed by atoms with Gasteiger partial charge in [0.25, 0.3) is 0 Å². The van der Waals surface area contributed by atoms with Crippen molar-refractivity contribution in [2.75, 3.05) is 14.2 Å². The smallest absolute Gasteiger partial charge is 0.337 e. The molecule has 0 spiro atoms. The highest BCUT2D eigenvalue weighted by Crippen LogP contribution is 2.25. The van der Waals surface area contributed by atoms with Gasteiger partial charge in [-0.2, -0.15) is 0 Å². The maximum atomic E-state index is 11.3. The van der Waals surface area contributed by atoms with Crippen LogP contribution in [0.15, 0.2) is 18.2 Å². The van der Waals surface area contributed by atoms with E-state index >= 15 is 0 Å². The summed E-state index contributed by atoms with van der Waals surface area (Å²) in [6.07, 6.45) is 0. The zero-order valence-corrected chi connectivity index (χ0v) is 9.47. The average molecular weight is 239 g/mol. The van der Waals surface area contributed by atoms with Crippen LogP contribution in [0.2, 0.25) is 0 Å². The molecule has 0 aromatic heterocycles. The molecule has 1 atom stereocenters. The zero-order chi connectivity index (χ0) is 13.0. The monoisotopic (exact) mass is 239 g/mol. The Bertz CT molecular complexity index is 443. The highest BCUT2D eigenvalue weighted by Gasteiger charge is 2.20. The minimum Gasteiger partial charge on any atom is -0.496 e. The predicted octanol–water partition coefficient (Wildman–Crippen LogP) is 0.566. The number of carboxylic acid groups (broad SMARTS) is 1. The van der Waals surface area contributed by atoms with Gasteiger partial charge in [-0.05, 0) is 18.2 Å². The number of aliphatic carboxylic acids is 1. The first kappa shape index (κ1) is 13.0. The molecule has 3 N–H and O–H groups in total. The zero-order valence-electron chi connectivity index (χ0n) is 9.47. The molecule has 0 heterocycles. The van der Waals surface area contributed by atoms with Crippen LogP contribution in [0.3, 0.4) is 0 Å². The fourth-order valence-corrected chi connectivity index (χ4v) is 1.36. The molecule has 0 bridgehead atoms. The summed E-state index contributed by atoms with van der Waals surface area (Å²) in [5, 5.41) is 8.85. The third kappa shape index (κ3) is 2.73. The fourth-order valence-electron chi connectivity index (χ4n) is 1.36. The van der Waals surface area contributed by atoms with Crippen LogP contribution in [0, 0.1) is 0 Å². The van der Waals surface area contributed by atoms with Gasteiger partial charge in [0, 0.05) is 5.56 Å². The number of carboxylic acids is 1. The molecule has 0 saturated carbocycles. The van der Waals surface area contributed by atoms with Crippen molar-refractivity contribution < 1.29 is 24.2 Å². The molecule has 6 nitrogen and oxygen atoms in total. The molecule has 6 heteroatoms. The SMILES string of the molecule is COC(=O)c1ccc(OC)c(C(N)C(=O)O)c1. The summed E-state index contributed by atoms with van der Waals surface area (Å²) in [5.74, 6) is -1.45. The first-order chi connectivity index (χ1) is 8.01. The van der Waals surface area contributed by atoms with E-state index in [1.54, 1.807) is 0 Å². The standard InChI is InChI=1S/C11H13NO5/c1-16-8-4-3-6(11(15)17-2)5-7(8)9(12)10(13)14/h3-5,9H,12H2,1-2H3,(H,13,14). The number of rotatable bonds is 4. The number of methoxy groups -OCH3 is 2. The van der Waals surface area contributed by atoms with Gasteiger partial charge >= 0.3 is 11.9 Å². The molecule has 1 unspecified atom stereocenters. The lowest BCUT2D eigenvalue weighted by atomic mass is 10.0.